The summed E-state index contributed by atoms with van der Waals surface area (Å²) < 4.78 is 10.2. The van der Waals surface area contributed by atoms with Gasteiger partial charge in [-0.2, -0.15) is 4.98 Å². The predicted molar refractivity (Wildman–Crippen MR) is 80.7 cm³/mol. The summed E-state index contributed by atoms with van der Waals surface area (Å²) in [6.45, 7) is 0. The molecule has 0 radical (unpaired) electrons. The molecule has 0 aliphatic carbocycles. The van der Waals surface area contributed by atoms with E-state index in [-0.39, 0.29) is 5.82 Å². The Balaban J connectivity index is 1.74. The summed E-state index contributed by atoms with van der Waals surface area (Å²) in [5, 5.41) is 6.39. The molecule has 0 bridgehead atoms. The summed E-state index contributed by atoms with van der Waals surface area (Å²) in [6.07, 6.45) is 0. The maximum atomic E-state index is 12.1. The molecule has 0 atom stereocenters. The van der Waals surface area contributed by atoms with Crippen molar-refractivity contribution in [1.82, 2.24) is 10.1 Å². The number of hydrogen-bond acceptors (Lipinski definition) is 5. The van der Waals surface area contributed by atoms with Crippen molar-refractivity contribution in [3.05, 3.63) is 60.4 Å². The van der Waals surface area contributed by atoms with Gasteiger partial charge in [-0.25, -0.2) is 0 Å². The third-order valence-corrected chi connectivity index (χ3v) is 3.00. The van der Waals surface area contributed by atoms with Crippen LogP contribution in [0.2, 0.25) is 0 Å². The Labute approximate surface area is 126 Å². The molecule has 0 saturated carbocycles. The van der Waals surface area contributed by atoms with Crippen molar-refractivity contribution in [2.45, 2.75) is 0 Å². The zero-order valence-corrected chi connectivity index (χ0v) is 11.8. The van der Waals surface area contributed by atoms with E-state index in [1.807, 2.05) is 30.3 Å². The molecule has 6 heteroatoms. The minimum absolute atomic E-state index is 0.0188. The lowest BCUT2D eigenvalue weighted by atomic mass is 10.2. The zero-order valence-electron chi connectivity index (χ0n) is 11.8. The van der Waals surface area contributed by atoms with E-state index >= 15 is 0 Å². The first-order valence-electron chi connectivity index (χ1n) is 6.61. The number of methoxy groups -OCH3 is 1. The third-order valence-electron chi connectivity index (χ3n) is 3.00. The standard InChI is InChI=1S/C16H13N3O3/c1-21-13-9-7-12(8-10-13)17-15(20)14-18-16(22-19-14)11-5-3-2-4-6-11/h2-10H,1H3,(H,17,20). The Morgan fingerprint density at radius 2 is 1.82 bits per heavy atom. The molecular formula is C16H13N3O3. The fourth-order valence-electron chi connectivity index (χ4n) is 1.88. The second-order valence-electron chi connectivity index (χ2n) is 4.47. The Hall–Kier alpha value is -3.15. The van der Waals surface area contributed by atoms with Crippen molar-refractivity contribution in [3.63, 3.8) is 0 Å². The van der Waals surface area contributed by atoms with Gasteiger partial charge in [-0.1, -0.05) is 23.4 Å². The smallest absolute Gasteiger partial charge is 0.297 e. The summed E-state index contributed by atoms with van der Waals surface area (Å²) in [6, 6.07) is 16.2. The van der Waals surface area contributed by atoms with Crippen molar-refractivity contribution in [2.75, 3.05) is 12.4 Å². The van der Waals surface area contributed by atoms with E-state index in [4.69, 9.17) is 9.26 Å². The second-order valence-corrected chi connectivity index (χ2v) is 4.47. The Morgan fingerprint density at radius 3 is 2.50 bits per heavy atom. The van der Waals surface area contributed by atoms with Crippen LogP contribution in [-0.2, 0) is 0 Å². The maximum Gasteiger partial charge on any atom is 0.297 e. The highest BCUT2D eigenvalue weighted by Crippen LogP contribution is 2.18. The SMILES string of the molecule is COc1ccc(NC(=O)c2noc(-c3ccccc3)n2)cc1. The number of amides is 1. The van der Waals surface area contributed by atoms with Crippen LogP contribution in [0.5, 0.6) is 5.75 Å². The summed E-state index contributed by atoms with van der Waals surface area (Å²) in [7, 11) is 1.58. The van der Waals surface area contributed by atoms with Crippen molar-refractivity contribution < 1.29 is 14.1 Å². The number of anilines is 1. The van der Waals surface area contributed by atoms with E-state index in [1.54, 1.807) is 31.4 Å². The van der Waals surface area contributed by atoms with Gasteiger partial charge in [0.2, 0.25) is 0 Å². The lowest BCUT2D eigenvalue weighted by Gasteiger charge is -2.03. The van der Waals surface area contributed by atoms with Crippen molar-refractivity contribution >= 4 is 11.6 Å². The average Bonchev–Trinajstić information content (AvgIpc) is 3.06. The quantitative estimate of drug-likeness (QED) is 0.800. The summed E-state index contributed by atoms with van der Waals surface area (Å²) in [4.78, 5) is 16.2. The van der Waals surface area contributed by atoms with Crippen LogP contribution in [0, 0.1) is 0 Å². The van der Waals surface area contributed by atoms with Gasteiger partial charge in [0.05, 0.1) is 7.11 Å². The number of rotatable bonds is 4. The molecule has 0 fully saturated rings. The maximum absolute atomic E-state index is 12.1. The van der Waals surface area contributed by atoms with Gasteiger partial charge in [0.1, 0.15) is 5.75 Å². The number of benzene rings is 2. The van der Waals surface area contributed by atoms with E-state index in [1.165, 1.54) is 0 Å². The van der Waals surface area contributed by atoms with E-state index in [0.717, 1.165) is 5.56 Å². The van der Waals surface area contributed by atoms with Gasteiger partial charge >= 0.3 is 0 Å². The molecule has 1 heterocycles. The van der Waals surface area contributed by atoms with Gasteiger partial charge in [-0.15, -0.1) is 0 Å². The topological polar surface area (TPSA) is 77.2 Å². The first kappa shape index (κ1) is 13.8. The van der Waals surface area contributed by atoms with E-state index in [0.29, 0.717) is 17.3 Å². The van der Waals surface area contributed by atoms with Gasteiger partial charge < -0.3 is 14.6 Å². The van der Waals surface area contributed by atoms with Gasteiger partial charge in [0.15, 0.2) is 0 Å². The molecule has 0 saturated heterocycles. The molecule has 3 rings (SSSR count). The number of hydrogen-bond donors (Lipinski definition) is 1. The fraction of sp³-hybridized carbons (Fsp3) is 0.0625. The number of nitrogens with zero attached hydrogens (tertiary/aromatic N) is 2. The van der Waals surface area contributed by atoms with Crippen LogP contribution in [0.1, 0.15) is 10.6 Å². The monoisotopic (exact) mass is 295 g/mol. The minimum atomic E-state index is -0.434. The highest BCUT2D eigenvalue weighted by Gasteiger charge is 2.15. The normalized spacial score (nSPS) is 10.2. The number of nitrogens with one attached hydrogen (secondary N) is 1. The van der Waals surface area contributed by atoms with E-state index in [2.05, 4.69) is 15.5 Å². The molecule has 0 aliphatic rings. The molecule has 1 N–H and O–H groups in total. The highest BCUT2D eigenvalue weighted by atomic mass is 16.5. The number of carbonyl (C=O) groups excluding carboxylic acids is 1. The van der Waals surface area contributed by atoms with E-state index < -0.39 is 5.91 Å². The fourth-order valence-corrected chi connectivity index (χ4v) is 1.88. The van der Waals surface area contributed by atoms with Gasteiger partial charge in [-0.05, 0) is 36.4 Å². The van der Waals surface area contributed by atoms with Crippen molar-refractivity contribution in [1.29, 1.82) is 0 Å². The molecule has 6 nitrogen and oxygen atoms in total. The lowest BCUT2D eigenvalue weighted by Crippen LogP contribution is -2.13. The molecular weight excluding hydrogens is 282 g/mol. The molecule has 1 aromatic heterocycles. The molecule has 0 aliphatic heterocycles. The highest BCUT2D eigenvalue weighted by molar-refractivity contribution is 6.01. The molecule has 22 heavy (non-hydrogen) atoms. The molecule has 2 aromatic carbocycles. The Morgan fingerprint density at radius 1 is 1.09 bits per heavy atom. The van der Waals surface area contributed by atoms with Crippen LogP contribution in [-0.4, -0.2) is 23.2 Å². The first-order valence-corrected chi connectivity index (χ1v) is 6.61. The molecule has 0 unspecified atom stereocenters. The van der Waals surface area contributed by atoms with Gasteiger partial charge in [0.25, 0.3) is 17.6 Å². The Bertz CT molecular complexity index is 767. The van der Waals surface area contributed by atoms with Crippen LogP contribution in [0.25, 0.3) is 11.5 Å². The summed E-state index contributed by atoms with van der Waals surface area (Å²) in [5.74, 6) is 0.565. The summed E-state index contributed by atoms with van der Waals surface area (Å²) >= 11 is 0. The van der Waals surface area contributed by atoms with Gasteiger partial charge in [-0.3, -0.25) is 4.79 Å². The summed E-state index contributed by atoms with van der Waals surface area (Å²) in [5.41, 5.74) is 1.38. The van der Waals surface area contributed by atoms with Crippen LogP contribution in [0.4, 0.5) is 5.69 Å². The second kappa shape index (κ2) is 6.09. The van der Waals surface area contributed by atoms with E-state index in [9.17, 15) is 4.79 Å². The average molecular weight is 295 g/mol. The van der Waals surface area contributed by atoms with Crippen LogP contribution in [0.15, 0.2) is 59.1 Å². The molecule has 3 aromatic rings. The van der Waals surface area contributed by atoms with Crippen LogP contribution < -0.4 is 10.1 Å². The zero-order chi connectivity index (χ0) is 15.4. The molecule has 0 spiro atoms. The van der Waals surface area contributed by atoms with Crippen LogP contribution in [0.3, 0.4) is 0 Å². The van der Waals surface area contributed by atoms with Crippen LogP contribution >= 0.6 is 0 Å². The van der Waals surface area contributed by atoms with Crippen molar-refractivity contribution in [3.8, 4) is 17.2 Å². The first-order chi connectivity index (χ1) is 10.8. The number of aromatic nitrogens is 2. The van der Waals surface area contributed by atoms with Gasteiger partial charge in [0, 0.05) is 11.3 Å². The lowest BCUT2D eigenvalue weighted by molar-refractivity contribution is 0.101. The molecule has 110 valence electrons. The number of carbonyl (C=O) groups is 1. The number of ether oxygens (including phenoxy) is 1. The largest absolute Gasteiger partial charge is 0.497 e. The minimum Gasteiger partial charge on any atom is -0.497 e. The Kier molecular flexibility index (Phi) is 3.82. The predicted octanol–water partition coefficient (Wildman–Crippen LogP) is 3.00. The third kappa shape index (κ3) is 2.95. The van der Waals surface area contributed by atoms with Crippen molar-refractivity contribution in [2.24, 2.45) is 0 Å². The molecule has 1 amide bonds.